The molecule has 0 radical (unpaired) electrons. The van der Waals surface area contributed by atoms with Gasteiger partial charge in [-0.15, -0.1) is 0 Å². The Morgan fingerprint density at radius 2 is 1.90 bits per heavy atom. The lowest BCUT2D eigenvalue weighted by Gasteiger charge is -2.30. The first kappa shape index (κ1) is 22.5. The predicted molar refractivity (Wildman–Crippen MR) is 112 cm³/mol. The molecule has 1 heterocycles. The summed E-state index contributed by atoms with van der Waals surface area (Å²) in [6.45, 7) is 2.59. The summed E-state index contributed by atoms with van der Waals surface area (Å²) >= 11 is 5.59. The number of amides is 1. The fourth-order valence-electron chi connectivity index (χ4n) is 2.99. The quantitative estimate of drug-likeness (QED) is 0.512. The molecule has 3 rings (SSSR count). The molecule has 0 bridgehead atoms. The van der Waals surface area contributed by atoms with Crippen LogP contribution in [0.2, 0.25) is 5.02 Å². The van der Waals surface area contributed by atoms with Crippen LogP contribution in [-0.4, -0.2) is 32.2 Å². The van der Waals surface area contributed by atoms with Gasteiger partial charge in [-0.05, 0) is 30.3 Å². The molecule has 1 aliphatic heterocycles. The van der Waals surface area contributed by atoms with E-state index in [1.807, 2.05) is 12.1 Å². The maximum absolute atomic E-state index is 13.0. The number of alkyl halides is 3. The molecule has 6 nitrogen and oxygen atoms in total. The minimum absolute atomic E-state index is 0.128. The molecule has 1 amide bonds. The third-order valence-electron chi connectivity index (χ3n) is 4.52. The molecule has 0 unspecified atom stereocenters. The summed E-state index contributed by atoms with van der Waals surface area (Å²) in [6.07, 6.45) is -3.45. The second-order valence-electron chi connectivity index (χ2n) is 6.58. The van der Waals surface area contributed by atoms with Gasteiger partial charge < -0.3 is 20.3 Å². The summed E-state index contributed by atoms with van der Waals surface area (Å²) in [4.78, 5) is 14.5. The zero-order valence-corrected chi connectivity index (χ0v) is 16.9. The van der Waals surface area contributed by atoms with Crippen LogP contribution in [0.4, 0.5) is 30.2 Å². The molecule has 31 heavy (non-hydrogen) atoms. The number of anilines is 3. The number of nitrogens with one attached hydrogen (secondary N) is 2. The van der Waals surface area contributed by atoms with Gasteiger partial charge in [0.2, 0.25) is 0 Å². The average molecular weight is 451 g/mol. The van der Waals surface area contributed by atoms with Gasteiger partial charge >= 0.3 is 6.18 Å². The van der Waals surface area contributed by atoms with Crippen molar-refractivity contribution >= 4 is 34.6 Å². The first-order valence-corrected chi connectivity index (χ1v) is 9.64. The maximum atomic E-state index is 13.0. The van der Waals surface area contributed by atoms with Crippen LogP contribution in [0.25, 0.3) is 0 Å². The van der Waals surface area contributed by atoms with Gasteiger partial charge in [0.25, 0.3) is 5.91 Å². The molecular formula is C21H18ClF3N4O2. The molecule has 2 N–H and O–H groups in total. The normalized spacial score (nSPS) is 14.7. The average Bonchev–Trinajstić information content (AvgIpc) is 2.75. The molecule has 2 aromatic carbocycles. The fourth-order valence-corrected chi connectivity index (χ4v) is 3.22. The van der Waals surface area contributed by atoms with Crippen molar-refractivity contribution in [1.29, 1.82) is 5.26 Å². The van der Waals surface area contributed by atoms with Gasteiger partial charge in [0, 0.05) is 25.0 Å². The van der Waals surface area contributed by atoms with E-state index in [-0.39, 0.29) is 11.3 Å². The van der Waals surface area contributed by atoms with E-state index in [4.69, 9.17) is 16.3 Å². The van der Waals surface area contributed by atoms with Crippen molar-refractivity contribution in [3.63, 3.8) is 0 Å². The van der Waals surface area contributed by atoms with Crippen molar-refractivity contribution in [2.45, 2.75) is 6.18 Å². The standard InChI is InChI=1S/C21H18ClF3N4O2/c22-17-6-5-15(11-16(17)21(23,24)25)28-20(30)14(12-26)13-27-18-3-1-2-4-19(18)29-7-9-31-10-8-29/h1-6,11,13,27H,7-10H2,(H,28,30)/b14-13-. The third-order valence-corrected chi connectivity index (χ3v) is 4.85. The van der Waals surface area contributed by atoms with E-state index in [2.05, 4.69) is 15.5 Å². The zero-order valence-electron chi connectivity index (χ0n) is 16.2. The molecule has 0 spiro atoms. The van der Waals surface area contributed by atoms with Crippen LogP contribution in [0.1, 0.15) is 5.56 Å². The lowest BCUT2D eigenvalue weighted by molar-refractivity contribution is -0.137. The molecule has 0 aliphatic carbocycles. The van der Waals surface area contributed by atoms with Gasteiger partial charge in [0.1, 0.15) is 11.6 Å². The van der Waals surface area contributed by atoms with Crippen LogP contribution in [0.5, 0.6) is 0 Å². The summed E-state index contributed by atoms with van der Waals surface area (Å²) in [7, 11) is 0. The number of hydrogen-bond donors (Lipinski definition) is 2. The second kappa shape index (κ2) is 9.73. The van der Waals surface area contributed by atoms with Crippen molar-refractivity contribution in [2.75, 3.05) is 41.8 Å². The van der Waals surface area contributed by atoms with Crippen LogP contribution in [0, 0.1) is 11.3 Å². The van der Waals surface area contributed by atoms with E-state index in [1.54, 1.807) is 18.2 Å². The molecule has 1 saturated heterocycles. The molecule has 0 aromatic heterocycles. The minimum Gasteiger partial charge on any atom is -0.378 e. The smallest absolute Gasteiger partial charge is 0.378 e. The molecule has 1 fully saturated rings. The maximum Gasteiger partial charge on any atom is 0.417 e. The third kappa shape index (κ3) is 5.69. The van der Waals surface area contributed by atoms with Gasteiger partial charge in [0.15, 0.2) is 0 Å². The van der Waals surface area contributed by atoms with Gasteiger partial charge in [0.05, 0.1) is 35.2 Å². The summed E-state index contributed by atoms with van der Waals surface area (Å²) in [5.41, 5.74) is 0.0481. The SMILES string of the molecule is N#C/C(=C/Nc1ccccc1N1CCOCC1)C(=O)Nc1ccc(Cl)c(C(F)(F)F)c1. The fraction of sp³-hybridized carbons (Fsp3) is 0.238. The lowest BCUT2D eigenvalue weighted by Crippen LogP contribution is -2.36. The Hall–Kier alpha value is -3.22. The Balaban J connectivity index is 1.76. The van der Waals surface area contributed by atoms with Gasteiger partial charge in [-0.3, -0.25) is 4.79 Å². The number of morpholine rings is 1. The topological polar surface area (TPSA) is 77.4 Å². The number of carbonyl (C=O) groups excluding carboxylic acids is 1. The molecule has 1 aliphatic rings. The number of ether oxygens (including phenoxy) is 1. The molecular weight excluding hydrogens is 433 g/mol. The van der Waals surface area contributed by atoms with Crippen molar-refractivity contribution in [3.8, 4) is 6.07 Å². The predicted octanol–water partition coefficient (Wildman–Crippen LogP) is 4.65. The second-order valence-corrected chi connectivity index (χ2v) is 6.98. The number of benzene rings is 2. The Labute approximate surface area is 181 Å². The highest BCUT2D eigenvalue weighted by atomic mass is 35.5. The summed E-state index contributed by atoms with van der Waals surface area (Å²) in [6, 6.07) is 12.1. The van der Waals surface area contributed by atoms with E-state index >= 15 is 0 Å². The van der Waals surface area contributed by atoms with Crippen molar-refractivity contribution in [1.82, 2.24) is 0 Å². The Kier molecular flexibility index (Phi) is 7.05. The van der Waals surface area contributed by atoms with Crippen molar-refractivity contribution in [2.24, 2.45) is 0 Å². The number of nitrogens with zero attached hydrogens (tertiary/aromatic N) is 2. The van der Waals surface area contributed by atoms with E-state index < -0.39 is 22.7 Å². The number of hydrogen-bond acceptors (Lipinski definition) is 5. The Morgan fingerprint density at radius 3 is 2.58 bits per heavy atom. The highest BCUT2D eigenvalue weighted by Gasteiger charge is 2.33. The van der Waals surface area contributed by atoms with Gasteiger partial charge in [-0.2, -0.15) is 18.4 Å². The van der Waals surface area contributed by atoms with Crippen LogP contribution in [0.3, 0.4) is 0 Å². The Morgan fingerprint density at radius 1 is 1.19 bits per heavy atom. The molecule has 2 aromatic rings. The van der Waals surface area contributed by atoms with Crippen molar-refractivity contribution in [3.05, 3.63) is 64.8 Å². The molecule has 0 saturated carbocycles. The van der Waals surface area contributed by atoms with Gasteiger partial charge in [-0.25, -0.2) is 0 Å². The van der Waals surface area contributed by atoms with Crippen molar-refractivity contribution < 1.29 is 22.7 Å². The largest absolute Gasteiger partial charge is 0.417 e. The number of halogens is 4. The van der Waals surface area contributed by atoms with E-state index in [9.17, 15) is 23.2 Å². The summed E-state index contributed by atoms with van der Waals surface area (Å²) in [5.74, 6) is -0.852. The first-order valence-electron chi connectivity index (χ1n) is 9.26. The summed E-state index contributed by atoms with van der Waals surface area (Å²) in [5, 5.41) is 14.1. The minimum atomic E-state index is -4.67. The monoisotopic (exact) mass is 450 g/mol. The van der Waals surface area contributed by atoms with Crippen LogP contribution in [0.15, 0.2) is 54.2 Å². The summed E-state index contributed by atoms with van der Waals surface area (Å²) < 4.78 is 44.4. The van der Waals surface area contributed by atoms with E-state index in [0.717, 1.165) is 17.8 Å². The number of carbonyl (C=O) groups is 1. The number of nitriles is 1. The number of para-hydroxylation sites is 2. The van der Waals surface area contributed by atoms with E-state index in [1.165, 1.54) is 12.3 Å². The highest BCUT2D eigenvalue weighted by molar-refractivity contribution is 6.31. The Bertz CT molecular complexity index is 1030. The molecule has 162 valence electrons. The van der Waals surface area contributed by atoms with Crippen LogP contribution < -0.4 is 15.5 Å². The molecule has 0 atom stereocenters. The number of rotatable bonds is 5. The van der Waals surface area contributed by atoms with Crippen LogP contribution in [-0.2, 0) is 15.7 Å². The molecule has 10 heteroatoms. The van der Waals surface area contributed by atoms with Gasteiger partial charge in [-0.1, -0.05) is 23.7 Å². The van der Waals surface area contributed by atoms with Crippen LogP contribution >= 0.6 is 11.6 Å². The first-order chi connectivity index (χ1) is 14.8. The zero-order chi connectivity index (χ0) is 22.4. The van der Waals surface area contributed by atoms with E-state index in [0.29, 0.717) is 32.0 Å². The highest BCUT2D eigenvalue weighted by Crippen LogP contribution is 2.36. The lowest BCUT2D eigenvalue weighted by atomic mass is 10.2.